The summed E-state index contributed by atoms with van der Waals surface area (Å²) in [5.74, 6) is -0.243. The van der Waals surface area contributed by atoms with Crippen LogP contribution in [0, 0.1) is 0 Å². The minimum Gasteiger partial charge on any atom is -0.445 e. The average Bonchev–Trinajstić information content (AvgIpc) is 3.44. The Labute approximate surface area is 189 Å². The third kappa shape index (κ3) is 5.42. The second kappa shape index (κ2) is 9.94. The van der Waals surface area contributed by atoms with Crippen molar-refractivity contribution in [1.29, 1.82) is 0 Å². The maximum Gasteiger partial charge on any atom is 0.410 e. The molecule has 1 fully saturated rings. The van der Waals surface area contributed by atoms with Crippen LogP contribution in [0.5, 0.6) is 0 Å². The summed E-state index contributed by atoms with van der Waals surface area (Å²) in [6.45, 7) is 0.684. The van der Waals surface area contributed by atoms with Crippen molar-refractivity contribution in [2.24, 2.45) is 0 Å². The molecule has 0 aliphatic carbocycles. The zero-order valence-electron chi connectivity index (χ0n) is 16.8. The fourth-order valence-electron chi connectivity index (χ4n) is 3.53. The number of anilines is 1. The molecule has 0 spiro atoms. The van der Waals surface area contributed by atoms with E-state index in [4.69, 9.17) is 16.3 Å². The van der Waals surface area contributed by atoms with E-state index < -0.39 is 12.1 Å². The van der Waals surface area contributed by atoms with Crippen molar-refractivity contribution in [2.45, 2.75) is 31.9 Å². The van der Waals surface area contributed by atoms with Crippen molar-refractivity contribution in [2.75, 3.05) is 11.9 Å². The molecule has 1 aliphatic heterocycles. The van der Waals surface area contributed by atoms with Crippen LogP contribution in [-0.4, -0.2) is 34.5 Å². The molecule has 0 saturated carbocycles. The normalized spacial score (nSPS) is 15.6. The molecule has 6 nitrogen and oxygen atoms in total. The van der Waals surface area contributed by atoms with E-state index in [1.807, 2.05) is 54.6 Å². The molecule has 1 aliphatic rings. The fraction of sp³-hybridized carbons (Fsp3) is 0.261. The fourth-order valence-corrected chi connectivity index (χ4v) is 4.57. The first kappa shape index (κ1) is 21.3. The highest BCUT2D eigenvalue weighted by atomic mass is 35.5. The van der Waals surface area contributed by atoms with Crippen LogP contribution in [0.3, 0.4) is 0 Å². The van der Waals surface area contributed by atoms with E-state index in [-0.39, 0.29) is 12.5 Å². The Balaban J connectivity index is 1.34. The van der Waals surface area contributed by atoms with Crippen LogP contribution in [0.25, 0.3) is 0 Å². The number of carbonyl (C=O) groups excluding carboxylic acids is 2. The highest BCUT2D eigenvalue weighted by Crippen LogP contribution is 2.26. The van der Waals surface area contributed by atoms with E-state index in [0.29, 0.717) is 29.5 Å². The lowest BCUT2D eigenvalue weighted by Crippen LogP contribution is -2.43. The Bertz CT molecular complexity index is 1060. The number of rotatable bonds is 6. The van der Waals surface area contributed by atoms with Gasteiger partial charge in [-0.05, 0) is 30.0 Å². The molecule has 160 valence electrons. The van der Waals surface area contributed by atoms with Crippen LogP contribution < -0.4 is 5.32 Å². The van der Waals surface area contributed by atoms with Gasteiger partial charge in [-0.2, -0.15) is 0 Å². The van der Waals surface area contributed by atoms with Crippen LogP contribution in [0.1, 0.15) is 28.8 Å². The number of hydrogen-bond acceptors (Lipinski definition) is 5. The van der Waals surface area contributed by atoms with Gasteiger partial charge in [-0.15, -0.1) is 11.3 Å². The molecule has 2 heterocycles. The number of likely N-dealkylation sites (tertiary alicyclic amines) is 1. The van der Waals surface area contributed by atoms with Gasteiger partial charge in [0.25, 0.3) is 0 Å². The molecule has 1 unspecified atom stereocenters. The number of halogens is 1. The van der Waals surface area contributed by atoms with Crippen molar-refractivity contribution < 1.29 is 14.3 Å². The molecule has 1 aromatic heterocycles. The Kier molecular flexibility index (Phi) is 6.84. The van der Waals surface area contributed by atoms with Crippen molar-refractivity contribution in [3.63, 3.8) is 0 Å². The first-order valence-electron chi connectivity index (χ1n) is 10.1. The van der Waals surface area contributed by atoms with Gasteiger partial charge in [0.15, 0.2) is 5.13 Å². The van der Waals surface area contributed by atoms with Gasteiger partial charge >= 0.3 is 6.09 Å². The lowest BCUT2D eigenvalue weighted by Gasteiger charge is -2.22. The molecule has 1 saturated heterocycles. The number of hydrogen-bond donors (Lipinski definition) is 1. The van der Waals surface area contributed by atoms with Gasteiger partial charge in [-0.1, -0.05) is 60.1 Å². The summed E-state index contributed by atoms with van der Waals surface area (Å²) in [5, 5.41) is 4.07. The number of amides is 2. The quantitative estimate of drug-likeness (QED) is 0.559. The highest BCUT2D eigenvalue weighted by molar-refractivity contribution is 7.15. The Morgan fingerprint density at radius 2 is 1.94 bits per heavy atom. The summed E-state index contributed by atoms with van der Waals surface area (Å²) < 4.78 is 5.41. The number of thiazole rings is 1. The van der Waals surface area contributed by atoms with Gasteiger partial charge in [-0.25, -0.2) is 9.78 Å². The first-order valence-corrected chi connectivity index (χ1v) is 11.3. The molecule has 0 bridgehead atoms. The third-order valence-electron chi connectivity index (χ3n) is 5.10. The van der Waals surface area contributed by atoms with Crippen molar-refractivity contribution in [3.8, 4) is 0 Å². The van der Waals surface area contributed by atoms with Crippen molar-refractivity contribution in [3.05, 3.63) is 81.8 Å². The molecular weight excluding hydrogens is 434 g/mol. The van der Waals surface area contributed by atoms with Gasteiger partial charge in [0.2, 0.25) is 5.91 Å². The molecule has 31 heavy (non-hydrogen) atoms. The minimum absolute atomic E-state index is 0.183. The van der Waals surface area contributed by atoms with Crippen LogP contribution in [0.4, 0.5) is 9.93 Å². The minimum atomic E-state index is -0.556. The van der Waals surface area contributed by atoms with Gasteiger partial charge in [0.05, 0.1) is 0 Å². The number of aromatic nitrogens is 1. The maximum atomic E-state index is 12.8. The highest BCUT2D eigenvalue weighted by Gasteiger charge is 2.35. The predicted octanol–water partition coefficient (Wildman–Crippen LogP) is 5.13. The third-order valence-corrected chi connectivity index (χ3v) is 6.38. The molecule has 1 N–H and O–H groups in total. The van der Waals surface area contributed by atoms with E-state index >= 15 is 0 Å². The van der Waals surface area contributed by atoms with Gasteiger partial charge in [0, 0.05) is 29.1 Å². The predicted molar refractivity (Wildman–Crippen MR) is 121 cm³/mol. The second-order valence-electron chi connectivity index (χ2n) is 7.28. The molecule has 8 heteroatoms. The largest absolute Gasteiger partial charge is 0.445 e. The summed E-state index contributed by atoms with van der Waals surface area (Å²) in [4.78, 5) is 32.1. The van der Waals surface area contributed by atoms with Crippen LogP contribution in [0.2, 0.25) is 5.02 Å². The monoisotopic (exact) mass is 455 g/mol. The molecule has 2 aromatic carbocycles. The summed E-state index contributed by atoms with van der Waals surface area (Å²) in [6.07, 6.45) is 3.27. The summed E-state index contributed by atoms with van der Waals surface area (Å²) in [6, 6.07) is 16.6. The van der Waals surface area contributed by atoms with Gasteiger partial charge in [-0.3, -0.25) is 9.69 Å². The molecule has 4 rings (SSSR count). The lowest BCUT2D eigenvalue weighted by atomic mass is 10.1. The molecular formula is C23H22ClN3O3S. The van der Waals surface area contributed by atoms with E-state index in [0.717, 1.165) is 22.4 Å². The summed E-state index contributed by atoms with van der Waals surface area (Å²) in [5.41, 5.74) is 1.92. The van der Waals surface area contributed by atoms with Crippen LogP contribution in [-0.2, 0) is 22.6 Å². The number of ether oxygens (including phenoxy) is 1. The first-order chi connectivity index (χ1) is 15.1. The average molecular weight is 456 g/mol. The van der Waals surface area contributed by atoms with Crippen molar-refractivity contribution in [1.82, 2.24) is 9.88 Å². The van der Waals surface area contributed by atoms with E-state index in [2.05, 4.69) is 10.3 Å². The molecule has 1 atom stereocenters. The summed E-state index contributed by atoms with van der Waals surface area (Å²) in [7, 11) is 0. The maximum absolute atomic E-state index is 12.8. The standard InChI is InChI=1S/C23H22ClN3O3S/c24-19-10-5-4-9-17(19)13-18-14-25-22(31-18)26-21(28)20-11-6-12-27(20)23(29)30-15-16-7-2-1-3-8-16/h1-5,7-10,14,20H,6,11-13,15H2,(H,25,26,28). The smallest absolute Gasteiger partial charge is 0.410 e. The lowest BCUT2D eigenvalue weighted by molar-refractivity contribution is -0.120. The molecule has 0 radical (unpaired) electrons. The number of carbonyl (C=O) groups is 2. The number of benzene rings is 2. The van der Waals surface area contributed by atoms with Gasteiger partial charge in [0.1, 0.15) is 12.6 Å². The Hall–Kier alpha value is -2.90. The topological polar surface area (TPSA) is 71.5 Å². The zero-order chi connectivity index (χ0) is 21.6. The van der Waals surface area contributed by atoms with Crippen LogP contribution in [0.15, 0.2) is 60.8 Å². The zero-order valence-corrected chi connectivity index (χ0v) is 18.4. The molecule has 2 amide bonds. The number of nitrogens with zero attached hydrogens (tertiary/aromatic N) is 2. The van der Waals surface area contributed by atoms with Crippen LogP contribution >= 0.6 is 22.9 Å². The molecule has 3 aromatic rings. The SMILES string of the molecule is O=C(Nc1ncc(Cc2ccccc2Cl)s1)C1CCCN1C(=O)OCc1ccccc1. The Morgan fingerprint density at radius 3 is 2.74 bits per heavy atom. The number of nitrogens with one attached hydrogen (secondary N) is 1. The Morgan fingerprint density at radius 1 is 1.16 bits per heavy atom. The van der Waals surface area contributed by atoms with E-state index in [1.165, 1.54) is 16.2 Å². The summed E-state index contributed by atoms with van der Waals surface area (Å²) >= 11 is 7.63. The van der Waals surface area contributed by atoms with E-state index in [1.54, 1.807) is 6.20 Å². The second-order valence-corrected chi connectivity index (χ2v) is 8.80. The van der Waals surface area contributed by atoms with Gasteiger partial charge < -0.3 is 10.1 Å². The van der Waals surface area contributed by atoms with E-state index in [9.17, 15) is 9.59 Å². The van der Waals surface area contributed by atoms with Crippen molar-refractivity contribution >= 4 is 40.1 Å².